The zero-order valence-corrected chi connectivity index (χ0v) is 12.9. The minimum Gasteiger partial charge on any atom is -0.104 e. The van der Waals surface area contributed by atoms with Crippen LogP contribution in [0.5, 0.6) is 0 Å². The van der Waals surface area contributed by atoms with Gasteiger partial charge in [-0.3, -0.25) is 0 Å². The first-order valence-electron chi connectivity index (χ1n) is 5.03. The maximum absolute atomic E-state index is 6.57. The molecule has 3 aliphatic rings. The third-order valence-corrected chi connectivity index (χ3v) is 7.67. The predicted octanol–water partition coefficient (Wildman–Crippen LogP) is 5.48. The highest BCUT2D eigenvalue weighted by atomic mass is 35.5. The van der Waals surface area contributed by atoms with Gasteiger partial charge in [-0.2, -0.15) is 0 Å². The van der Waals surface area contributed by atoms with E-state index < -0.39 is 14.1 Å². The molecular weight excluding hydrogens is 345 g/mol. The average molecular weight is 351 g/mol. The maximum Gasteiger partial charge on any atom is 0.174 e. The lowest BCUT2D eigenvalue weighted by molar-refractivity contribution is 0.722. The molecule has 0 radical (unpaired) electrons. The van der Waals surface area contributed by atoms with Crippen molar-refractivity contribution in [3.63, 3.8) is 0 Å². The molecule has 0 saturated heterocycles. The molecule has 17 heavy (non-hydrogen) atoms. The van der Waals surface area contributed by atoms with E-state index in [0.29, 0.717) is 0 Å². The highest BCUT2D eigenvalue weighted by molar-refractivity contribution is 6.67. The summed E-state index contributed by atoms with van der Waals surface area (Å²) < 4.78 is -1.47. The molecule has 1 fully saturated rings. The van der Waals surface area contributed by atoms with E-state index >= 15 is 0 Å². The van der Waals surface area contributed by atoms with Crippen LogP contribution in [0, 0.1) is 0 Å². The van der Waals surface area contributed by atoms with Gasteiger partial charge in [-0.1, -0.05) is 58.6 Å². The number of fused-ring (bicyclic) bond motifs is 5. The highest BCUT2D eigenvalue weighted by Crippen LogP contribution is 2.76. The molecule has 1 saturated carbocycles. The lowest BCUT2D eigenvalue weighted by atomic mass is 9.88. The Labute approximate surface area is 129 Å². The molecule has 3 rings (SSSR count). The first-order valence-corrected chi connectivity index (χ1v) is 7.30. The molecule has 0 aromatic rings. The molecule has 0 heterocycles. The number of allylic oxidation sites excluding steroid dienone is 6. The minimum atomic E-state index is -1.47. The van der Waals surface area contributed by atoms with Gasteiger partial charge >= 0.3 is 0 Å². The van der Waals surface area contributed by atoms with E-state index in [0.717, 1.165) is 24.0 Å². The van der Waals surface area contributed by atoms with E-state index in [9.17, 15) is 0 Å². The average Bonchev–Trinajstić information content (AvgIpc) is 2.51. The number of halogens is 6. The van der Waals surface area contributed by atoms with Crippen LogP contribution in [-0.2, 0) is 0 Å². The van der Waals surface area contributed by atoms with E-state index in [1.54, 1.807) is 0 Å². The Hall–Kier alpha value is 0.960. The molecule has 0 aromatic heterocycles. The number of hydrogen-bond donors (Lipinski definition) is 0. The monoisotopic (exact) mass is 348 g/mol. The summed E-state index contributed by atoms with van der Waals surface area (Å²) in [4.78, 5) is -2.47. The lowest BCUT2D eigenvalue weighted by Gasteiger charge is -2.30. The fourth-order valence-corrected chi connectivity index (χ4v) is 5.44. The van der Waals surface area contributed by atoms with Crippen molar-refractivity contribution in [2.45, 2.75) is 26.9 Å². The van der Waals surface area contributed by atoms with Crippen molar-refractivity contribution in [1.29, 1.82) is 0 Å². The van der Waals surface area contributed by atoms with Crippen molar-refractivity contribution in [1.82, 2.24) is 0 Å². The first-order chi connectivity index (χ1) is 7.79. The molecule has 3 aliphatic carbocycles. The van der Waals surface area contributed by atoms with Gasteiger partial charge in [0.25, 0.3) is 0 Å². The molecule has 0 nitrogen and oxygen atoms in total. The first kappa shape index (κ1) is 13.0. The third kappa shape index (κ3) is 1.13. The SMILES string of the molecule is ClC1=C(Cl)[C@@]2(Cl)C3=CCCC=C3[C@]1(Cl)C2(Cl)Cl. The van der Waals surface area contributed by atoms with Crippen LogP contribution in [0.2, 0.25) is 0 Å². The van der Waals surface area contributed by atoms with E-state index in [1.807, 2.05) is 12.2 Å². The van der Waals surface area contributed by atoms with Gasteiger partial charge in [0.1, 0.15) is 9.75 Å². The lowest BCUT2D eigenvalue weighted by Crippen LogP contribution is -2.43. The van der Waals surface area contributed by atoms with Crippen LogP contribution in [0.4, 0.5) is 0 Å². The molecule has 92 valence electrons. The fraction of sp³-hybridized carbons (Fsp3) is 0.455. The van der Waals surface area contributed by atoms with Crippen LogP contribution in [0.1, 0.15) is 12.8 Å². The maximum atomic E-state index is 6.57. The molecule has 0 spiro atoms. The van der Waals surface area contributed by atoms with Gasteiger partial charge in [0, 0.05) is 0 Å². The third-order valence-electron chi connectivity index (χ3n) is 3.56. The molecule has 0 aliphatic heterocycles. The molecule has 2 bridgehead atoms. The van der Waals surface area contributed by atoms with Crippen molar-refractivity contribution in [3.8, 4) is 0 Å². The van der Waals surface area contributed by atoms with Crippen molar-refractivity contribution in [2.75, 3.05) is 0 Å². The second-order valence-corrected chi connectivity index (χ2v) is 7.55. The molecule has 0 N–H and O–H groups in total. The number of hydrogen-bond acceptors (Lipinski definition) is 0. The van der Waals surface area contributed by atoms with Crippen molar-refractivity contribution in [3.05, 3.63) is 33.4 Å². The summed E-state index contributed by atoms with van der Waals surface area (Å²) >= 11 is 38.3. The molecule has 0 aromatic carbocycles. The van der Waals surface area contributed by atoms with E-state index in [2.05, 4.69) is 0 Å². The zero-order chi connectivity index (χ0) is 12.6. The molecular formula is C11H6Cl6. The molecule has 0 unspecified atom stereocenters. The summed E-state index contributed by atoms with van der Waals surface area (Å²) in [6, 6.07) is 0. The van der Waals surface area contributed by atoms with Crippen LogP contribution in [-0.4, -0.2) is 14.1 Å². The predicted molar refractivity (Wildman–Crippen MR) is 75.7 cm³/mol. The zero-order valence-electron chi connectivity index (χ0n) is 8.34. The molecule has 6 heteroatoms. The Morgan fingerprint density at radius 2 is 1.12 bits per heavy atom. The molecule has 0 amide bonds. The summed E-state index contributed by atoms with van der Waals surface area (Å²) in [7, 11) is 0. The van der Waals surface area contributed by atoms with Gasteiger partial charge in [-0.05, 0) is 24.0 Å². The van der Waals surface area contributed by atoms with Crippen LogP contribution < -0.4 is 0 Å². The van der Waals surface area contributed by atoms with E-state index in [1.165, 1.54) is 0 Å². The Morgan fingerprint density at radius 3 is 1.47 bits per heavy atom. The summed E-state index contributed by atoms with van der Waals surface area (Å²) in [6.45, 7) is 0. The van der Waals surface area contributed by atoms with Crippen LogP contribution in [0.25, 0.3) is 0 Å². The summed E-state index contributed by atoms with van der Waals surface area (Å²) in [5.41, 5.74) is 1.58. The van der Waals surface area contributed by atoms with Crippen LogP contribution in [0.15, 0.2) is 33.4 Å². The van der Waals surface area contributed by atoms with Gasteiger partial charge in [-0.25, -0.2) is 0 Å². The Morgan fingerprint density at radius 1 is 0.765 bits per heavy atom. The standard InChI is InChI=1S/C11H6Cl6/c12-7-8(13)10(15)6-4-2-1-3-5(6)9(7,14)11(10,16)17/h3-4H,1-2H2/t9-,10+. The minimum absolute atomic E-state index is 0.228. The second kappa shape index (κ2) is 3.53. The summed E-state index contributed by atoms with van der Waals surface area (Å²) in [5.74, 6) is 0. The van der Waals surface area contributed by atoms with Gasteiger partial charge < -0.3 is 0 Å². The summed E-state index contributed by atoms with van der Waals surface area (Å²) in [6.07, 6.45) is 5.70. The van der Waals surface area contributed by atoms with E-state index in [4.69, 9.17) is 69.6 Å². The van der Waals surface area contributed by atoms with Crippen LogP contribution >= 0.6 is 69.6 Å². The van der Waals surface area contributed by atoms with Crippen molar-refractivity contribution < 1.29 is 0 Å². The van der Waals surface area contributed by atoms with E-state index in [-0.39, 0.29) is 10.1 Å². The van der Waals surface area contributed by atoms with Gasteiger partial charge in [0.2, 0.25) is 0 Å². The van der Waals surface area contributed by atoms with Gasteiger partial charge in [0.05, 0.1) is 10.1 Å². The number of rotatable bonds is 0. The van der Waals surface area contributed by atoms with Crippen LogP contribution in [0.3, 0.4) is 0 Å². The summed E-state index contributed by atoms with van der Waals surface area (Å²) in [5, 5.41) is 0.456. The topological polar surface area (TPSA) is 0 Å². The number of alkyl halides is 4. The van der Waals surface area contributed by atoms with Crippen molar-refractivity contribution in [2.24, 2.45) is 0 Å². The fourth-order valence-electron chi connectivity index (χ4n) is 2.72. The molecule has 2 atom stereocenters. The quantitative estimate of drug-likeness (QED) is 0.507. The largest absolute Gasteiger partial charge is 0.174 e. The normalized spacial score (nSPS) is 42.5. The Bertz CT molecular complexity index is 470. The van der Waals surface area contributed by atoms with Gasteiger partial charge in [0.15, 0.2) is 4.33 Å². The highest BCUT2D eigenvalue weighted by Gasteiger charge is 2.78. The Balaban J connectivity index is 2.42. The Kier molecular flexibility index (Phi) is 2.70. The van der Waals surface area contributed by atoms with Crippen molar-refractivity contribution >= 4 is 69.6 Å². The second-order valence-electron chi connectivity index (χ2n) is 4.33. The van der Waals surface area contributed by atoms with Gasteiger partial charge in [-0.15, -0.1) is 23.2 Å². The smallest absolute Gasteiger partial charge is 0.104 e.